The van der Waals surface area contributed by atoms with Gasteiger partial charge in [-0.2, -0.15) is 5.10 Å². The molecule has 4 rings (SSSR count). The fourth-order valence-corrected chi connectivity index (χ4v) is 3.77. The normalized spacial score (nSPS) is 14.3. The highest BCUT2D eigenvalue weighted by Crippen LogP contribution is 2.20. The third kappa shape index (κ3) is 4.43. The van der Waals surface area contributed by atoms with Crippen molar-refractivity contribution in [2.24, 2.45) is 0 Å². The molecule has 1 amide bonds. The lowest BCUT2D eigenvalue weighted by Crippen LogP contribution is -2.23. The molecule has 2 aromatic carbocycles. The fraction of sp³-hybridized carbons (Fsp3) is 0.273. The predicted molar refractivity (Wildman–Crippen MR) is 111 cm³/mol. The number of likely N-dealkylation sites (tertiary alicyclic amines) is 1. The second-order valence-corrected chi connectivity index (χ2v) is 7.51. The number of hydrogen-bond donors (Lipinski definition) is 1. The van der Waals surface area contributed by atoms with E-state index in [4.69, 9.17) is 11.6 Å². The highest BCUT2D eigenvalue weighted by atomic mass is 35.5. The van der Waals surface area contributed by atoms with Crippen LogP contribution in [-0.4, -0.2) is 33.7 Å². The van der Waals surface area contributed by atoms with Gasteiger partial charge in [0.15, 0.2) is 0 Å². The van der Waals surface area contributed by atoms with E-state index in [0.29, 0.717) is 17.1 Å². The van der Waals surface area contributed by atoms with Gasteiger partial charge in [0, 0.05) is 25.5 Å². The number of amides is 1. The van der Waals surface area contributed by atoms with Crippen molar-refractivity contribution in [3.8, 4) is 5.69 Å². The van der Waals surface area contributed by atoms with E-state index in [1.165, 1.54) is 31.5 Å². The second kappa shape index (κ2) is 8.59. The van der Waals surface area contributed by atoms with E-state index in [9.17, 15) is 4.79 Å². The summed E-state index contributed by atoms with van der Waals surface area (Å²) in [5.74, 6) is -0.191. The first-order valence-corrected chi connectivity index (χ1v) is 9.95. The van der Waals surface area contributed by atoms with Crippen molar-refractivity contribution in [2.45, 2.75) is 25.9 Å². The average Bonchev–Trinajstić information content (AvgIpc) is 3.41. The maximum absolute atomic E-state index is 12.7. The molecule has 28 heavy (non-hydrogen) atoms. The maximum atomic E-state index is 12.7. The summed E-state index contributed by atoms with van der Waals surface area (Å²) >= 11 is 6.26. The molecular weight excluding hydrogens is 372 g/mol. The van der Waals surface area contributed by atoms with E-state index in [-0.39, 0.29) is 5.91 Å². The first-order chi connectivity index (χ1) is 13.7. The number of nitrogens with zero attached hydrogens (tertiary/aromatic N) is 3. The molecule has 0 spiro atoms. The Labute approximate surface area is 169 Å². The zero-order valence-corrected chi connectivity index (χ0v) is 16.4. The standard InChI is InChI=1S/C22H23ClN4O/c23-21-8-7-19(27-12-4-9-25-27)14-20(21)22(28)24-15-17-5-3-6-18(13-17)16-26-10-1-2-11-26/h3-9,12-14H,1-2,10-11,15-16H2,(H,24,28). The summed E-state index contributed by atoms with van der Waals surface area (Å²) in [7, 11) is 0. The molecule has 0 aliphatic carbocycles. The monoisotopic (exact) mass is 394 g/mol. The van der Waals surface area contributed by atoms with Crippen LogP contribution in [0, 0.1) is 0 Å². The Bertz CT molecular complexity index is 949. The molecule has 0 bridgehead atoms. The van der Waals surface area contributed by atoms with Gasteiger partial charge in [0.1, 0.15) is 0 Å². The van der Waals surface area contributed by atoms with E-state index in [0.717, 1.165) is 17.8 Å². The Morgan fingerprint density at radius 1 is 1.07 bits per heavy atom. The lowest BCUT2D eigenvalue weighted by molar-refractivity contribution is 0.0951. The number of rotatable bonds is 6. The van der Waals surface area contributed by atoms with Crippen molar-refractivity contribution in [2.75, 3.05) is 13.1 Å². The summed E-state index contributed by atoms with van der Waals surface area (Å²) in [6.45, 7) is 3.78. The molecule has 1 fully saturated rings. The van der Waals surface area contributed by atoms with Crippen molar-refractivity contribution in [3.05, 3.63) is 82.6 Å². The second-order valence-electron chi connectivity index (χ2n) is 7.10. The summed E-state index contributed by atoms with van der Waals surface area (Å²) < 4.78 is 1.70. The maximum Gasteiger partial charge on any atom is 0.253 e. The van der Waals surface area contributed by atoms with Gasteiger partial charge in [0.2, 0.25) is 0 Å². The molecule has 1 aliphatic rings. The summed E-state index contributed by atoms with van der Waals surface area (Å²) in [5, 5.41) is 7.61. The minimum Gasteiger partial charge on any atom is -0.348 e. The van der Waals surface area contributed by atoms with Crippen molar-refractivity contribution in [1.82, 2.24) is 20.0 Å². The zero-order chi connectivity index (χ0) is 19.3. The smallest absolute Gasteiger partial charge is 0.253 e. The number of aromatic nitrogens is 2. The number of hydrogen-bond acceptors (Lipinski definition) is 3. The Morgan fingerprint density at radius 2 is 1.89 bits per heavy atom. The number of carbonyl (C=O) groups is 1. The molecule has 0 radical (unpaired) electrons. The number of carbonyl (C=O) groups excluding carboxylic acids is 1. The minimum atomic E-state index is -0.191. The van der Waals surface area contributed by atoms with E-state index >= 15 is 0 Å². The van der Waals surface area contributed by atoms with Crippen LogP contribution in [0.3, 0.4) is 0 Å². The van der Waals surface area contributed by atoms with Gasteiger partial charge in [-0.3, -0.25) is 9.69 Å². The van der Waals surface area contributed by atoms with Crippen molar-refractivity contribution >= 4 is 17.5 Å². The molecule has 3 aromatic rings. The van der Waals surface area contributed by atoms with Gasteiger partial charge >= 0.3 is 0 Å². The Balaban J connectivity index is 1.42. The molecule has 0 unspecified atom stereocenters. The Morgan fingerprint density at radius 3 is 2.68 bits per heavy atom. The van der Waals surface area contributed by atoms with E-state index < -0.39 is 0 Å². The van der Waals surface area contributed by atoms with E-state index in [1.54, 1.807) is 23.0 Å². The van der Waals surface area contributed by atoms with Crippen LogP contribution in [0.25, 0.3) is 5.69 Å². The molecule has 2 heterocycles. The van der Waals surface area contributed by atoms with Crippen molar-refractivity contribution in [3.63, 3.8) is 0 Å². The summed E-state index contributed by atoms with van der Waals surface area (Å²) in [6.07, 6.45) is 6.10. The topological polar surface area (TPSA) is 50.2 Å². The third-order valence-electron chi connectivity index (χ3n) is 5.01. The average molecular weight is 395 g/mol. The van der Waals surface area contributed by atoms with Crippen molar-refractivity contribution < 1.29 is 4.79 Å². The SMILES string of the molecule is O=C(NCc1cccc(CN2CCCC2)c1)c1cc(-n2cccn2)ccc1Cl. The van der Waals surface area contributed by atoms with Gasteiger partial charge in [-0.25, -0.2) is 4.68 Å². The molecule has 144 valence electrons. The summed E-state index contributed by atoms with van der Waals surface area (Å²) in [4.78, 5) is 15.2. The van der Waals surface area contributed by atoms with E-state index in [2.05, 4.69) is 33.5 Å². The first kappa shape index (κ1) is 18.7. The highest BCUT2D eigenvalue weighted by Gasteiger charge is 2.14. The molecule has 6 heteroatoms. The third-order valence-corrected chi connectivity index (χ3v) is 5.34. The molecule has 5 nitrogen and oxygen atoms in total. The summed E-state index contributed by atoms with van der Waals surface area (Å²) in [5.41, 5.74) is 3.62. The van der Waals surface area contributed by atoms with Crippen LogP contribution in [0.2, 0.25) is 5.02 Å². The van der Waals surface area contributed by atoms with Crippen LogP contribution in [0.5, 0.6) is 0 Å². The van der Waals surface area contributed by atoms with Gasteiger partial charge < -0.3 is 5.32 Å². The number of nitrogens with one attached hydrogen (secondary N) is 1. The first-order valence-electron chi connectivity index (χ1n) is 9.57. The fourth-order valence-electron chi connectivity index (χ4n) is 3.57. The quantitative estimate of drug-likeness (QED) is 0.686. The van der Waals surface area contributed by atoms with Crippen molar-refractivity contribution in [1.29, 1.82) is 0 Å². The molecule has 1 aliphatic heterocycles. The molecule has 1 aromatic heterocycles. The molecule has 1 saturated heterocycles. The van der Waals surface area contributed by atoms with Gasteiger partial charge in [-0.15, -0.1) is 0 Å². The molecule has 0 saturated carbocycles. The van der Waals surface area contributed by atoms with Crippen LogP contribution < -0.4 is 5.32 Å². The van der Waals surface area contributed by atoms with Gasteiger partial charge in [0.25, 0.3) is 5.91 Å². The van der Waals surface area contributed by atoms with Gasteiger partial charge in [-0.05, 0) is 61.3 Å². The van der Waals surface area contributed by atoms with Crippen LogP contribution in [0.4, 0.5) is 0 Å². The van der Waals surface area contributed by atoms with Gasteiger partial charge in [-0.1, -0.05) is 35.9 Å². The summed E-state index contributed by atoms with van der Waals surface area (Å²) in [6, 6.07) is 15.6. The van der Waals surface area contributed by atoms with Gasteiger partial charge in [0.05, 0.1) is 16.3 Å². The number of halogens is 1. The van der Waals surface area contributed by atoms with Crippen LogP contribution >= 0.6 is 11.6 Å². The Hall–Kier alpha value is -2.63. The number of benzene rings is 2. The minimum absolute atomic E-state index is 0.191. The Kier molecular flexibility index (Phi) is 5.74. The largest absolute Gasteiger partial charge is 0.348 e. The van der Waals surface area contributed by atoms with Crippen LogP contribution in [0.15, 0.2) is 60.9 Å². The predicted octanol–water partition coefficient (Wildman–Crippen LogP) is 4.05. The lowest BCUT2D eigenvalue weighted by Gasteiger charge is -2.15. The van der Waals surface area contributed by atoms with Crippen LogP contribution in [-0.2, 0) is 13.1 Å². The van der Waals surface area contributed by atoms with E-state index in [1.807, 2.05) is 24.4 Å². The molecule has 1 N–H and O–H groups in total. The lowest BCUT2D eigenvalue weighted by atomic mass is 10.1. The molecular formula is C22H23ClN4O. The zero-order valence-electron chi connectivity index (χ0n) is 15.6. The van der Waals surface area contributed by atoms with Crippen LogP contribution in [0.1, 0.15) is 34.3 Å². The molecule has 0 atom stereocenters. The highest BCUT2D eigenvalue weighted by molar-refractivity contribution is 6.33.